The number of unbranched alkanes of at least 4 members (excludes halogenated alkanes) is 1. The molecule has 0 saturated heterocycles. The number of nitrogens with two attached hydrogens (primary N) is 1. The highest BCUT2D eigenvalue weighted by atomic mass is 19.1. The molecule has 232 valence electrons. The van der Waals surface area contributed by atoms with Crippen molar-refractivity contribution < 1.29 is 37.4 Å². The second-order valence-corrected chi connectivity index (χ2v) is 10.0. The maximum absolute atomic E-state index is 14.0. The number of carbonyl (C=O) groups excluding carboxylic acids is 3. The van der Waals surface area contributed by atoms with Crippen LogP contribution in [-0.2, 0) is 32.2 Å². The lowest BCUT2D eigenvalue weighted by molar-refractivity contribution is -0.126. The van der Waals surface area contributed by atoms with Crippen LogP contribution in [0.15, 0.2) is 48.5 Å². The number of aromatic nitrogens is 4. The van der Waals surface area contributed by atoms with Crippen molar-refractivity contribution in [2.24, 2.45) is 5.73 Å². The van der Waals surface area contributed by atoms with Gasteiger partial charge in [-0.2, -0.15) is 0 Å². The summed E-state index contributed by atoms with van der Waals surface area (Å²) in [5.74, 6) is -2.22. The number of hydrogen-bond acceptors (Lipinski definition) is 10. The second-order valence-electron chi connectivity index (χ2n) is 10.0. The molecule has 2 amide bonds. The number of nitrogens with zero attached hydrogens (tertiary/aromatic N) is 4. The summed E-state index contributed by atoms with van der Waals surface area (Å²) in [4.78, 5) is 36.6. The van der Waals surface area contributed by atoms with E-state index in [1.165, 1.54) is 24.6 Å². The standard InChI is InChI=1S/C28H35F2N7O6/c1-28(2,31)26(39)33-23(18-41-17-20-10-11-21(29)16-22(20)30)24-34-35-36-37(24)13-15-43-27(40)32-12-6-7-14-42-25(38)19-8-4-3-5-9-19/h3-5,8-11,16,23H,6-7,12-15,17-18,31H2,1-2H3,(H,32,40)(H,33,39). The first-order valence-corrected chi connectivity index (χ1v) is 13.5. The molecule has 4 N–H and O–H groups in total. The van der Waals surface area contributed by atoms with Crippen molar-refractivity contribution in [2.45, 2.75) is 51.4 Å². The Labute approximate surface area is 247 Å². The van der Waals surface area contributed by atoms with Gasteiger partial charge in [-0.25, -0.2) is 23.1 Å². The van der Waals surface area contributed by atoms with E-state index in [1.807, 2.05) is 6.07 Å². The van der Waals surface area contributed by atoms with Crippen LogP contribution in [0, 0.1) is 11.6 Å². The van der Waals surface area contributed by atoms with Crippen LogP contribution in [0.25, 0.3) is 0 Å². The average Bonchev–Trinajstić information content (AvgIpc) is 3.43. The van der Waals surface area contributed by atoms with Crippen molar-refractivity contribution >= 4 is 18.0 Å². The largest absolute Gasteiger partial charge is 0.462 e. The molecule has 15 heteroatoms. The van der Waals surface area contributed by atoms with Gasteiger partial charge >= 0.3 is 12.1 Å². The minimum atomic E-state index is -1.23. The van der Waals surface area contributed by atoms with Crippen molar-refractivity contribution in [1.82, 2.24) is 30.8 Å². The zero-order valence-electron chi connectivity index (χ0n) is 23.9. The van der Waals surface area contributed by atoms with Crippen LogP contribution in [0.5, 0.6) is 0 Å². The maximum atomic E-state index is 14.0. The van der Waals surface area contributed by atoms with Gasteiger partial charge in [-0.05, 0) is 55.3 Å². The number of carbonyl (C=O) groups is 3. The molecule has 1 aromatic heterocycles. The van der Waals surface area contributed by atoms with E-state index in [9.17, 15) is 23.2 Å². The van der Waals surface area contributed by atoms with E-state index in [4.69, 9.17) is 19.9 Å². The lowest BCUT2D eigenvalue weighted by Gasteiger charge is -2.23. The number of tetrazole rings is 1. The fourth-order valence-corrected chi connectivity index (χ4v) is 3.59. The van der Waals surface area contributed by atoms with Crippen molar-refractivity contribution in [3.63, 3.8) is 0 Å². The molecule has 1 heterocycles. The van der Waals surface area contributed by atoms with Crippen LogP contribution in [0.2, 0.25) is 0 Å². The third-order valence-electron chi connectivity index (χ3n) is 5.94. The fraction of sp³-hybridized carbons (Fsp3) is 0.429. The summed E-state index contributed by atoms with van der Waals surface area (Å²) < 4.78 is 44.5. The summed E-state index contributed by atoms with van der Waals surface area (Å²) in [5, 5.41) is 16.8. The van der Waals surface area contributed by atoms with Crippen molar-refractivity contribution in [2.75, 3.05) is 26.4 Å². The Bertz CT molecular complexity index is 1350. The molecule has 0 aliphatic rings. The SMILES string of the molecule is CC(C)(N)C(=O)NC(COCc1ccc(F)cc1F)c1nnnn1CCOC(=O)NCCCCOC(=O)c1ccccc1. The predicted molar refractivity (Wildman–Crippen MR) is 148 cm³/mol. The van der Waals surface area contributed by atoms with Crippen LogP contribution in [0.4, 0.5) is 13.6 Å². The first-order valence-electron chi connectivity index (χ1n) is 13.5. The van der Waals surface area contributed by atoms with Gasteiger partial charge in [0.1, 0.15) is 24.3 Å². The number of rotatable bonds is 16. The summed E-state index contributed by atoms with van der Waals surface area (Å²) in [6.45, 7) is 3.15. The molecule has 1 unspecified atom stereocenters. The zero-order valence-corrected chi connectivity index (χ0v) is 23.9. The van der Waals surface area contributed by atoms with E-state index in [0.717, 1.165) is 12.1 Å². The minimum Gasteiger partial charge on any atom is -0.462 e. The molecular weight excluding hydrogens is 568 g/mol. The number of hydrogen-bond donors (Lipinski definition) is 3. The van der Waals surface area contributed by atoms with Crippen LogP contribution >= 0.6 is 0 Å². The van der Waals surface area contributed by atoms with Gasteiger partial charge in [0.15, 0.2) is 5.82 Å². The smallest absolute Gasteiger partial charge is 0.407 e. The number of amides is 2. The first kappa shape index (κ1) is 33.0. The lowest BCUT2D eigenvalue weighted by atomic mass is 10.1. The van der Waals surface area contributed by atoms with E-state index in [1.54, 1.807) is 24.3 Å². The molecule has 3 rings (SSSR count). The second kappa shape index (κ2) is 16.2. The van der Waals surface area contributed by atoms with Crippen LogP contribution in [0.3, 0.4) is 0 Å². The monoisotopic (exact) mass is 603 g/mol. The zero-order chi connectivity index (χ0) is 31.2. The van der Waals surface area contributed by atoms with Crippen molar-refractivity contribution in [1.29, 1.82) is 0 Å². The molecule has 0 spiro atoms. The molecule has 43 heavy (non-hydrogen) atoms. The lowest BCUT2D eigenvalue weighted by Crippen LogP contribution is -2.51. The molecule has 0 aliphatic heterocycles. The summed E-state index contributed by atoms with van der Waals surface area (Å²) in [7, 11) is 0. The molecular formula is C28H35F2N7O6. The Hall–Kier alpha value is -4.50. The van der Waals surface area contributed by atoms with Gasteiger partial charge in [0.05, 0.1) is 37.5 Å². The van der Waals surface area contributed by atoms with Crippen molar-refractivity contribution in [3.05, 3.63) is 77.1 Å². The Morgan fingerprint density at radius 3 is 2.53 bits per heavy atom. The van der Waals surface area contributed by atoms with Crippen LogP contribution in [-0.4, -0.2) is 70.1 Å². The summed E-state index contributed by atoms with van der Waals surface area (Å²) in [6, 6.07) is 10.9. The van der Waals surface area contributed by atoms with Crippen molar-refractivity contribution in [3.8, 4) is 0 Å². The van der Waals surface area contributed by atoms with Gasteiger partial charge < -0.3 is 30.6 Å². The number of nitrogens with one attached hydrogen (secondary N) is 2. The number of halogens is 2. The predicted octanol–water partition coefficient (Wildman–Crippen LogP) is 2.43. The highest BCUT2D eigenvalue weighted by Crippen LogP contribution is 2.15. The van der Waals surface area contributed by atoms with E-state index < -0.39 is 41.2 Å². The Balaban J connectivity index is 1.44. The highest BCUT2D eigenvalue weighted by Gasteiger charge is 2.28. The Kier molecular flexibility index (Phi) is 12.5. The molecule has 1 atom stereocenters. The molecule has 0 bridgehead atoms. The topological polar surface area (TPSA) is 173 Å². The quantitative estimate of drug-likeness (QED) is 0.163. The summed E-state index contributed by atoms with van der Waals surface area (Å²) in [5.41, 5.74) is 5.27. The van der Waals surface area contributed by atoms with E-state index in [-0.39, 0.29) is 44.4 Å². The first-order chi connectivity index (χ1) is 20.5. The average molecular weight is 604 g/mol. The normalized spacial score (nSPS) is 11.9. The van der Waals surface area contributed by atoms with Gasteiger partial charge in [0.2, 0.25) is 5.91 Å². The van der Waals surface area contributed by atoms with Crippen LogP contribution < -0.4 is 16.4 Å². The van der Waals surface area contributed by atoms with E-state index in [2.05, 4.69) is 26.2 Å². The van der Waals surface area contributed by atoms with Gasteiger partial charge in [0.25, 0.3) is 0 Å². The van der Waals surface area contributed by atoms with Gasteiger partial charge in [-0.3, -0.25) is 4.79 Å². The van der Waals surface area contributed by atoms with Gasteiger partial charge in [-0.1, -0.05) is 24.3 Å². The number of alkyl carbamates (subject to hydrolysis) is 1. The number of ether oxygens (including phenoxy) is 3. The third-order valence-corrected chi connectivity index (χ3v) is 5.94. The number of esters is 1. The minimum absolute atomic E-state index is 0.0518. The molecule has 0 aliphatic carbocycles. The molecule has 13 nitrogen and oxygen atoms in total. The molecule has 3 aromatic rings. The molecule has 0 saturated carbocycles. The third kappa shape index (κ3) is 11.0. The van der Waals surface area contributed by atoms with E-state index >= 15 is 0 Å². The van der Waals surface area contributed by atoms with Gasteiger partial charge in [0, 0.05) is 18.2 Å². The summed E-state index contributed by atoms with van der Waals surface area (Å²) in [6.07, 6.45) is 0.458. The van der Waals surface area contributed by atoms with Crippen LogP contribution in [0.1, 0.15) is 54.5 Å². The van der Waals surface area contributed by atoms with E-state index in [0.29, 0.717) is 24.9 Å². The summed E-state index contributed by atoms with van der Waals surface area (Å²) >= 11 is 0. The Morgan fingerprint density at radius 2 is 1.81 bits per heavy atom. The Morgan fingerprint density at radius 1 is 1.05 bits per heavy atom. The number of benzene rings is 2. The maximum Gasteiger partial charge on any atom is 0.407 e. The molecule has 2 aromatic carbocycles. The fourth-order valence-electron chi connectivity index (χ4n) is 3.59. The molecule has 0 fully saturated rings. The highest BCUT2D eigenvalue weighted by molar-refractivity contribution is 5.89. The van der Waals surface area contributed by atoms with Gasteiger partial charge in [-0.15, -0.1) is 5.10 Å². The molecule has 0 radical (unpaired) electrons.